The molecule has 0 spiro atoms. The van der Waals surface area contributed by atoms with Gasteiger partial charge in [0.25, 0.3) is 0 Å². The van der Waals surface area contributed by atoms with Gasteiger partial charge in [0, 0.05) is 11.9 Å². The van der Waals surface area contributed by atoms with Crippen molar-refractivity contribution in [3.8, 4) is 0 Å². The van der Waals surface area contributed by atoms with Crippen LogP contribution in [0.5, 0.6) is 0 Å². The minimum Gasteiger partial charge on any atom is -0.361 e. The normalized spacial score (nSPS) is 13.5. The maximum atomic E-state index is 4.44. The Hall–Kier alpha value is -1.47. The summed E-state index contributed by atoms with van der Waals surface area (Å²) in [6.45, 7) is 6.67. The number of thiophene rings is 1. The van der Waals surface area contributed by atoms with Crippen LogP contribution in [0, 0.1) is 5.41 Å². The van der Waals surface area contributed by atoms with E-state index >= 15 is 0 Å². The number of fused-ring (bicyclic) bond motifs is 1. The van der Waals surface area contributed by atoms with Gasteiger partial charge in [0.1, 0.15) is 16.7 Å². The second-order valence-electron chi connectivity index (χ2n) is 6.29. The van der Waals surface area contributed by atoms with Gasteiger partial charge in [-0.2, -0.15) is 5.10 Å². The van der Waals surface area contributed by atoms with Gasteiger partial charge in [0.2, 0.25) is 0 Å². The van der Waals surface area contributed by atoms with Gasteiger partial charge in [-0.3, -0.25) is 0 Å². The number of hydrogen-bond acceptors (Lipinski definition) is 5. The molecular formula is C15H18BrN5S. The number of nitrogens with one attached hydrogen (secondary N) is 1. The van der Waals surface area contributed by atoms with Gasteiger partial charge in [-0.1, -0.05) is 26.8 Å². The zero-order chi connectivity index (χ0) is 15.9. The predicted molar refractivity (Wildman–Crippen MR) is 94.1 cm³/mol. The van der Waals surface area contributed by atoms with Gasteiger partial charge in [0.15, 0.2) is 5.65 Å². The Morgan fingerprint density at radius 1 is 1.32 bits per heavy atom. The molecule has 3 aromatic rings. The summed E-state index contributed by atoms with van der Waals surface area (Å²) in [5.41, 5.74) is 0.861. The van der Waals surface area contributed by atoms with Crippen molar-refractivity contribution in [1.82, 2.24) is 19.7 Å². The average Bonchev–Trinajstić information content (AvgIpc) is 3.05. The van der Waals surface area contributed by atoms with Crippen LogP contribution >= 0.6 is 27.3 Å². The molecule has 0 aromatic carbocycles. The molecular weight excluding hydrogens is 362 g/mol. The molecule has 5 nitrogen and oxygen atoms in total. The highest BCUT2D eigenvalue weighted by atomic mass is 79.9. The number of rotatable bonds is 3. The van der Waals surface area contributed by atoms with E-state index in [0.29, 0.717) is 0 Å². The molecule has 0 aliphatic rings. The molecule has 0 unspecified atom stereocenters. The summed E-state index contributed by atoms with van der Waals surface area (Å²) in [6, 6.07) is 4.40. The number of halogens is 1. The van der Waals surface area contributed by atoms with Gasteiger partial charge < -0.3 is 5.32 Å². The summed E-state index contributed by atoms with van der Waals surface area (Å²) in [7, 11) is 1.88. The van der Waals surface area contributed by atoms with E-state index in [-0.39, 0.29) is 11.5 Å². The first-order chi connectivity index (χ1) is 10.4. The van der Waals surface area contributed by atoms with Crippen molar-refractivity contribution in [3.63, 3.8) is 0 Å². The summed E-state index contributed by atoms with van der Waals surface area (Å²) in [5, 5.41) is 11.0. The second-order valence-corrected chi connectivity index (χ2v) is 8.02. The van der Waals surface area contributed by atoms with Crippen LogP contribution in [0.25, 0.3) is 11.0 Å². The molecule has 0 radical (unpaired) electrons. The molecule has 3 heterocycles. The van der Waals surface area contributed by atoms with E-state index < -0.39 is 0 Å². The quantitative estimate of drug-likeness (QED) is 0.732. The highest BCUT2D eigenvalue weighted by molar-refractivity contribution is 9.10. The second kappa shape index (κ2) is 5.62. The fraction of sp³-hybridized carbons (Fsp3) is 0.400. The number of nitrogens with zero attached hydrogens (tertiary/aromatic N) is 4. The first kappa shape index (κ1) is 15.4. The monoisotopic (exact) mass is 379 g/mol. The van der Waals surface area contributed by atoms with Crippen molar-refractivity contribution in [2.24, 2.45) is 12.5 Å². The Morgan fingerprint density at radius 2 is 2.09 bits per heavy atom. The van der Waals surface area contributed by atoms with Crippen molar-refractivity contribution >= 4 is 44.1 Å². The van der Waals surface area contributed by atoms with E-state index in [4.69, 9.17) is 0 Å². The Labute approximate surface area is 141 Å². The molecule has 0 saturated carbocycles. The summed E-state index contributed by atoms with van der Waals surface area (Å²) in [4.78, 5) is 10.1. The number of aryl methyl sites for hydroxylation is 1. The van der Waals surface area contributed by atoms with Crippen molar-refractivity contribution in [2.75, 3.05) is 5.32 Å². The van der Waals surface area contributed by atoms with Gasteiger partial charge in [-0.05, 0) is 32.8 Å². The number of hydrogen-bond donors (Lipinski definition) is 1. The van der Waals surface area contributed by atoms with Crippen molar-refractivity contribution in [2.45, 2.75) is 26.8 Å². The smallest absolute Gasteiger partial charge is 0.164 e. The van der Waals surface area contributed by atoms with E-state index in [1.165, 1.54) is 4.88 Å². The number of aromatic nitrogens is 4. The third-order valence-corrected chi connectivity index (χ3v) is 5.04. The molecule has 0 fully saturated rings. The molecule has 0 saturated heterocycles. The van der Waals surface area contributed by atoms with Crippen LogP contribution in [0.15, 0.2) is 28.4 Å². The molecule has 7 heteroatoms. The molecule has 3 rings (SSSR count). The molecule has 0 aliphatic carbocycles. The lowest BCUT2D eigenvalue weighted by Gasteiger charge is -2.31. The van der Waals surface area contributed by atoms with E-state index in [0.717, 1.165) is 21.5 Å². The highest BCUT2D eigenvalue weighted by Crippen LogP contribution is 2.39. The maximum Gasteiger partial charge on any atom is 0.164 e. The minimum atomic E-state index is 0.0524. The maximum absolute atomic E-state index is 4.44. The number of anilines is 1. The molecule has 116 valence electrons. The largest absolute Gasteiger partial charge is 0.361 e. The average molecular weight is 380 g/mol. The van der Waals surface area contributed by atoms with Crippen LogP contribution < -0.4 is 5.32 Å². The molecule has 0 amide bonds. The predicted octanol–water partition coefficient (Wildman–Crippen LogP) is 4.39. The topological polar surface area (TPSA) is 55.6 Å². The Kier molecular flexibility index (Phi) is 3.94. The van der Waals surface area contributed by atoms with Gasteiger partial charge >= 0.3 is 0 Å². The van der Waals surface area contributed by atoms with Crippen LogP contribution in [-0.4, -0.2) is 19.7 Å². The lowest BCUT2D eigenvalue weighted by Crippen LogP contribution is -2.25. The summed E-state index contributed by atoms with van der Waals surface area (Å²) in [5.74, 6) is 0.804. The Bertz CT molecular complexity index is 788. The molecule has 0 aliphatic heterocycles. The minimum absolute atomic E-state index is 0.0524. The SMILES string of the molecule is Cn1nc(Br)c2c(N[C@H](c3cccs3)C(C)(C)C)ncnc21. The van der Waals surface area contributed by atoms with Gasteiger partial charge in [-0.15, -0.1) is 11.3 Å². The van der Waals surface area contributed by atoms with Gasteiger partial charge in [-0.25, -0.2) is 14.6 Å². The molecule has 1 atom stereocenters. The fourth-order valence-corrected chi connectivity index (χ4v) is 4.08. The Balaban J connectivity index is 2.08. The van der Waals surface area contributed by atoms with Crippen LogP contribution in [0.2, 0.25) is 0 Å². The molecule has 22 heavy (non-hydrogen) atoms. The third-order valence-electron chi connectivity index (χ3n) is 3.55. The lowest BCUT2D eigenvalue weighted by atomic mass is 9.85. The lowest BCUT2D eigenvalue weighted by molar-refractivity contribution is 0.351. The van der Waals surface area contributed by atoms with E-state index in [9.17, 15) is 0 Å². The summed E-state index contributed by atoms with van der Waals surface area (Å²) < 4.78 is 2.51. The van der Waals surface area contributed by atoms with Crippen molar-refractivity contribution in [3.05, 3.63) is 33.3 Å². The zero-order valence-electron chi connectivity index (χ0n) is 13.0. The third kappa shape index (κ3) is 2.75. The van der Waals surface area contributed by atoms with Gasteiger partial charge in [0.05, 0.1) is 11.4 Å². The van der Waals surface area contributed by atoms with E-state index in [1.807, 2.05) is 7.05 Å². The molecule has 0 bridgehead atoms. The standard InChI is InChI=1S/C15H18BrN5S/c1-15(2,3)11(9-6-5-7-22-9)19-13-10-12(16)20-21(4)14(10)18-8-17-13/h5-8,11H,1-4H3,(H,17,18,19)/t11-/m1/s1. The highest BCUT2D eigenvalue weighted by Gasteiger charge is 2.28. The summed E-state index contributed by atoms with van der Waals surface area (Å²) >= 11 is 5.26. The van der Waals surface area contributed by atoms with E-state index in [2.05, 4.69) is 74.6 Å². The fourth-order valence-electron chi connectivity index (χ4n) is 2.46. The molecule has 1 N–H and O–H groups in total. The van der Waals surface area contributed by atoms with Crippen LogP contribution in [0.1, 0.15) is 31.7 Å². The molecule has 3 aromatic heterocycles. The van der Waals surface area contributed by atoms with Crippen molar-refractivity contribution < 1.29 is 0 Å². The zero-order valence-corrected chi connectivity index (χ0v) is 15.4. The van der Waals surface area contributed by atoms with E-state index in [1.54, 1.807) is 22.3 Å². The Morgan fingerprint density at radius 3 is 2.73 bits per heavy atom. The first-order valence-corrected chi connectivity index (χ1v) is 8.68. The van der Waals surface area contributed by atoms with Crippen LogP contribution in [0.3, 0.4) is 0 Å². The van der Waals surface area contributed by atoms with Crippen LogP contribution in [0.4, 0.5) is 5.82 Å². The van der Waals surface area contributed by atoms with Crippen molar-refractivity contribution in [1.29, 1.82) is 0 Å². The van der Waals surface area contributed by atoms with Crippen LogP contribution in [-0.2, 0) is 7.05 Å². The first-order valence-electron chi connectivity index (χ1n) is 7.01. The summed E-state index contributed by atoms with van der Waals surface area (Å²) in [6.07, 6.45) is 1.58.